The summed E-state index contributed by atoms with van der Waals surface area (Å²) in [5.41, 5.74) is 2.18. The van der Waals surface area contributed by atoms with Crippen molar-refractivity contribution in [3.63, 3.8) is 0 Å². The lowest BCUT2D eigenvalue weighted by atomic mass is 9.88. The first-order valence-corrected chi connectivity index (χ1v) is 12.6. The summed E-state index contributed by atoms with van der Waals surface area (Å²) in [7, 11) is 0. The van der Waals surface area contributed by atoms with Gasteiger partial charge in [0.25, 0.3) is 0 Å². The van der Waals surface area contributed by atoms with Crippen LogP contribution in [0.3, 0.4) is 0 Å². The lowest BCUT2D eigenvalue weighted by Gasteiger charge is -2.42. The monoisotopic (exact) mass is 528 g/mol. The van der Waals surface area contributed by atoms with Crippen LogP contribution in [0.1, 0.15) is 24.4 Å². The highest BCUT2D eigenvalue weighted by molar-refractivity contribution is 7.97. The van der Waals surface area contributed by atoms with E-state index in [-0.39, 0.29) is 11.1 Å². The van der Waals surface area contributed by atoms with Gasteiger partial charge < -0.3 is 4.90 Å². The first-order chi connectivity index (χ1) is 15.4. The maximum atomic E-state index is 13.4. The van der Waals surface area contributed by atoms with Crippen LogP contribution in [-0.4, -0.2) is 13.1 Å². The van der Waals surface area contributed by atoms with Gasteiger partial charge in [0.05, 0.1) is 11.1 Å². The van der Waals surface area contributed by atoms with Crippen LogP contribution >= 0.6 is 58.4 Å². The van der Waals surface area contributed by atoms with Gasteiger partial charge in [-0.2, -0.15) is 0 Å². The molecule has 2 atom stereocenters. The van der Waals surface area contributed by atoms with Gasteiger partial charge >= 0.3 is 0 Å². The van der Waals surface area contributed by atoms with Gasteiger partial charge in [-0.3, -0.25) is 4.72 Å². The zero-order valence-corrected chi connectivity index (χ0v) is 20.8. The van der Waals surface area contributed by atoms with Crippen LogP contribution in [0.4, 0.5) is 10.1 Å². The van der Waals surface area contributed by atoms with E-state index in [0.717, 1.165) is 42.1 Å². The molecule has 168 valence electrons. The summed E-state index contributed by atoms with van der Waals surface area (Å²) in [5, 5.41) is 2.15. The number of benzene rings is 3. The number of nitrogens with zero attached hydrogens (tertiary/aromatic N) is 1. The van der Waals surface area contributed by atoms with Crippen molar-refractivity contribution in [3.05, 3.63) is 92.1 Å². The van der Waals surface area contributed by atoms with Gasteiger partial charge in [-0.05, 0) is 90.9 Å². The van der Waals surface area contributed by atoms with Gasteiger partial charge in [-0.25, -0.2) is 4.39 Å². The molecule has 0 aliphatic carbocycles. The second kappa shape index (κ2) is 10.9. The topological polar surface area (TPSA) is 15.3 Å². The molecule has 1 fully saturated rings. The number of hydrogen-bond donors (Lipinski definition) is 1. The van der Waals surface area contributed by atoms with E-state index in [1.165, 1.54) is 18.0 Å². The van der Waals surface area contributed by atoms with Crippen molar-refractivity contribution >= 4 is 64.0 Å². The molecular weight excluding hydrogens is 509 g/mol. The normalized spacial score (nSPS) is 18.7. The van der Waals surface area contributed by atoms with Crippen molar-refractivity contribution < 1.29 is 4.39 Å². The van der Waals surface area contributed by atoms with E-state index in [0.29, 0.717) is 21.0 Å². The molecule has 0 amide bonds. The maximum Gasteiger partial charge on any atom is 0.141 e. The lowest BCUT2D eigenvalue weighted by molar-refractivity contribution is 0.361. The molecule has 3 aromatic rings. The number of nitrogens with one attached hydrogen (secondary N) is 1. The minimum atomic E-state index is -0.409. The fourth-order valence-electron chi connectivity index (χ4n) is 4.01. The predicted octanol–water partition coefficient (Wildman–Crippen LogP) is 8.69. The van der Waals surface area contributed by atoms with Crippen LogP contribution in [0.5, 0.6) is 0 Å². The summed E-state index contributed by atoms with van der Waals surface area (Å²) in [6.45, 7) is 1.67. The zero-order valence-electron chi connectivity index (χ0n) is 17.0. The van der Waals surface area contributed by atoms with Crippen molar-refractivity contribution in [1.82, 2.24) is 4.72 Å². The molecule has 1 aliphatic heterocycles. The molecule has 8 heteroatoms. The molecule has 4 rings (SSSR count). The van der Waals surface area contributed by atoms with E-state index in [1.807, 2.05) is 36.4 Å². The van der Waals surface area contributed by atoms with Gasteiger partial charge in [0, 0.05) is 38.7 Å². The first kappa shape index (κ1) is 24.0. The van der Waals surface area contributed by atoms with Gasteiger partial charge in [-0.1, -0.05) is 52.5 Å². The Morgan fingerprint density at radius 2 is 1.62 bits per heavy atom. The Kier molecular flexibility index (Phi) is 8.14. The third-order valence-electron chi connectivity index (χ3n) is 5.61. The average molecular weight is 530 g/mol. The molecule has 2 nitrogen and oxygen atoms in total. The highest BCUT2D eigenvalue weighted by atomic mass is 35.5. The van der Waals surface area contributed by atoms with Crippen LogP contribution in [0.15, 0.2) is 65.6 Å². The van der Waals surface area contributed by atoms with Gasteiger partial charge in [0.15, 0.2) is 0 Å². The molecule has 0 spiro atoms. The number of hydrogen-bond acceptors (Lipinski definition) is 3. The number of halogens is 5. The SMILES string of the molecule is Fc1ccc(SNCC2CCC(c3ccc(Cl)cc3Cl)N(c3ccc(Cl)cc3)C2)cc1Cl. The van der Waals surface area contributed by atoms with Gasteiger partial charge in [0.1, 0.15) is 5.82 Å². The van der Waals surface area contributed by atoms with Crippen molar-refractivity contribution in [2.75, 3.05) is 18.0 Å². The number of anilines is 1. The molecule has 0 radical (unpaired) electrons. The Morgan fingerprint density at radius 1 is 0.875 bits per heavy atom. The molecule has 2 unspecified atom stereocenters. The second-order valence-corrected chi connectivity index (χ2v) is 10.4. The smallest absolute Gasteiger partial charge is 0.141 e. The number of rotatable bonds is 6. The first-order valence-electron chi connectivity index (χ1n) is 10.2. The Bertz CT molecular complexity index is 1080. The van der Waals surface area contributed by atoms with Crippen molar-refractivity contribution in [2.24, 2.45) is 5.92 Å². The standard InChI is InChI=1S/C24H21Cl4FN2S/c25-16-2-5-18(6-3-16)31-14-15(13-30-32-19-7-9-23(29)22(28)12-19)1-10-24(31)20-8-4-17(26)11-21(20)27/h2-9,11-12,15,24,30H,1,10,13-14H2. The summed E-state index contributed by atoms with van der Waals surface area (Å²) >= 11 is 26.2. The highest BCUT2D eigenvalue weighted by Crippen LogP contribution is 2.40. The fourth-order valence-corrected chi connectivity index (χ4v) is 5.71. The quantitative estimate of drug-likeness (QED) is 0.321. The average Bonchev–Trinajstić information content (AvgIpc) is 2.77. The van der Waals surface area contributed by atoms with E-state index in [4.69, 9.17) is 46.4 Å². The minimum absolute atomic E-state index is 0.131. The van der Waals surface area contributed by atoms with E-state index in [1.54, 1.807) is 18.2 Å². The third-order valence-corrected chi connectivity index (χ3v) is 7.52. The highest BCUT2D eigenvalue weighted by Gasteiger charge is 2.30. The summed E-state index contributed by atoms with van der Waals surface area (Å²) in [4.78, 5) is 3.27. The van der Waals surface area contributed by atoms with Crippen LogP contribution in [0.25, 0.3) is 0 Å². The molecule has 1 aliphatic rings. The largest absolute Gasteiger partial charge is 0.364 e. The summed E-state index contributed by atoms with van der Waals surface area (Å²) in [6, 6.07) is 18.5. The molecule has 0 bridgehead atoms. The Balaban J connectivity index is 1.48. The van der Waals surface area contributed by atoms with E-state index in [9.17, 15) is 4.39 Å². The van der Waals surface area contributed by atoms with Crippen molar-refractivity contribution in [1.29, 1.82) is 0 Å². The second-order valence-electron chi connectivity index (χ2n) is 7.78. The molecule has 1 saturated heterocycles. The maximum absolute atomic E-state index is 13.4. The molecule has 1 heterocycles. The zero-order chi connectivity index (χ0) is 22.7. The Labute approximate surface area is 212 Å². The summed E-state index contributed by atoms with van der Waals surface area (Å²) < 4.78 is 16.8. The molecule has 0 aromatic heterocycles. The summed E-state index contributed by atoms with van der Waals surface area (Å²) in [6.07, 6.45) is 2.01. The van der Waals surface area contributed by atoms with Crippen LogP contribution in [-0.2, 0) is 0 Å². The molecule has 3 aromatic carbocycles. The molecule has 0 saturated carbocycles. The summed E-state index contributed by atoms with van der Waals surface area (Å²) in [5.74, 6) is 0.0187. The van der Waals surface area contributed by atoms with Crippen LogP contribution in [0.2, 0.25) is 20.1 Å². The Morgan fingerprint density at radius 3 is 2.34 bits per heavy atom. The van der Waals surface area contributed by atoms with Crippen molar-refractivity contribution in [2.45, 2.75) is 23.8 Å². The molecular formula is C24H21Cl4FN2S. The van der Waals surface area contributed by atoms with E-state index in [2.05, 4.69) is 9.62 Å². The van der Waals surface area contributed by atoms with Crippen molar-refractivity contribution in [3.8, 4) is 0 Å². The van der Waals surface area contributed by atoms with Gasteiger partial charge in [0.2, 0.25) is 0 Å². The van der Waals surface area contributed by atoms with Crippen LogP contribution < -0.4 is 9.62 Å². The third kappa shape index (κ3) is 5.85. The lowest BCUT2D eigenvalue weighted by Crippen LogP contribution is -2.41. The Hall–Kier alpha value is -1.14. The minimum Gasteiger partial charge on any atom is -0.364 e. The number of piperidine rings is 1. The van der Waals surface area contributed by atoms with Gasteiger partial charge in [-0.15, -0.1) is 0 Å². The molecule has 32 heavy (non-hydrogen) atoms. The van der Waals surface area contributed by atoms with E-state index < -0.39 is 5.82 Å². The van der Waals surface area contributed by atoms with E-state index >= 15 is 0 Å². The fraction of sp³-hybridized carbons (Fsp3) is 0.250. The molecule has 1 N–H and O–H groups in total. The van der Waals surface area contributed by atoms with Crippen LogP contribution in [0, 0.1) is 11.7 Å². The predicted molar refractivity (Wildman–Crippen MR) is 136 cm³/mol.